The van der Waals surface area contributed by atoms with Crippen molar-refractivity contribution in [3.05, 3.63) is 83.6 Å². The van der Waals surface area contributed by atoms with Crippen LogP contribution in [0.2, 0.25) is 0 Å². The fourth-order valence-electron chi connectivity index (χ4n) is 2.85. The van der Waals surface area contributed by atoms with Gasteiger partial charge in [-0.2, -0.15) is 0 Å². The van der Waals surface area contributed by atoms with Crippen molar-refractivity contribution < 1.29 is 23.1 Å². The number of hydrogen-bond donors (Lipinski definition) is 1. The highest BCUT2D eigenvalue weighted by atomic mass is 19.1. The van der Waals surface area contributed by atoms with Crippen LogP contribution in [0, 0.1) is 5.82 Å². The van der Waals surface area contributed by atoms with E-state index in [1.807, 2.05) is 13.8 Å². The first kappa shape index (κ1) is 21.1. The minimum Gasteiger partial charge on any atom is -0.486 e. The van der Waals surface area contributed by atoms with Gasteiger partial charge in [-0.05, 0) is 74.5 Å². The van der Waals surface area contributed by atoms with E-state index in [9.17, 15) is 14.0 Å². The molecule has 3 rings (SSSR count). The van der Waals surface area contributed by atoms with E-state index in [2.05, 4.69) is 5.32 Å². The number of ether oxygens (including phenoxy) is 1. The van der Waals surface area contributed by atoms with Crippen LogP contribution in [0.4, 0.5) is 10.1 Å². The molecule has 0 atom stereocenters. The third-order valence-electron chi connectivity index (χ3n) is 4.52. The van der Waals surface area contributed by atoms with Crippen LogP contribution in [0.25, 0.3) is 0 Å². The highest BCUT2D eigenvalue weighted by Gasteiger charge is 2.14. The summed E-state index contributed by atoms with van der Waals surface area (Å²) in [6, 6.07) is 15.5. The number of benzene rings is 2. The number of nitrogens with zero attached hydrogens (tertiary/aromatic N) is 1. The third kappa shape index (κ3) is 5.26. The van der Waals surface area contributed by atoms with Gasteiger partial charge in [-0.25, -0.2) is 4.39 Å². The van der Waals surface area contributed by atoms with Gasteiger partial charge < -0.3 is 19.4 Å². The molecule has 2 amide bonds. The van der Waals surface area contributed by atoms with Gasteiger partial charge in [-0.3, -0.25) is 9.59 Å². The maximum atomic E-state index is 12.9. The average molecular weight is 410 g/mol. The smallest absolute Gasteiger partial charge is 0.291 e. The van der Waals surface area contributed by atoms with Gasteiger partial charge >= 0.3 is 0 Å². The van der Waals surface area contributed by atoms with Crippen LogP contribution in [0.3, 0.4) is 0 Å². The summed E-state index contributed by atoms with van der Waals surface area (Å²) in [5.74, 6) is 0.295. The molecule has 0 spiro atoms. The topological polar surface area (TPSA) is 71.8 Å². The molecular weight excluding hydrogens is 387 g/mol. The lowest BCUT2D eigenvalue weighted by molar-refractivity contribution is 0.0773. The normalized spacial score (nSPS) is 10.5. The molecule has 0 aliphatic carbocycles. The van der Waals surface area contributed by atoms with E-state index in [4.69, 9.17) is 9.15 Å². The lowest BCUT2D eigenvalue weighted by atomic mass is 10.1. The van der Waals surface area contributed by atoms with E-state index in [-0.39, 0.29) is 24.1 Å². The zero-order chi connectivity index (χ0) is 21.5. The molecule has 0 saturated heterocycles. The fraction of sp³-hybridized carbons (Fsp3) is 0.217. The Morgan fingerprint density at radius 1 is 0.967 bits per heavy atom. The van der Waals surface area contributed by atoms with Crippen molar-refractivity contribution in [1.82, 2.24) is 4.90 Å². The maximum absolute atomic E-state index is 12.9. The number of carbonyl (C=O) groups is 2. The summed E-state index contributed by atoms with van der Waals surface area (Å²) < 4.78 is 23.9. The standard InChI is InChI=1S/C23H23FN2O4/c1-3-26(4-2)23(28)16-5-9-18(10-6-16)25-22(27)21-14-13-20(30-21)15-29-19-11-7-17(24)8-12-19/h5-14H,3-4,15H2,1-2H3,(H,25,27). The second kappa shape index (κ2) is 9.73. The van der Waals surface area contributed by atoms with E-state index in [1.165, 1.54) is 24.3 Å². The van der Waals surface area contributed by atoms with Crippen LogP contribution in [-0.2, 0) is 6.61 Å². The van der Waals surface area contributed by atoms with Crippen molar-refractivity contribution >= 4 is 17.5 Å². The van der Waals surface area contributed by atoms with Gasteiger partial charge in [0.15, 0.2) is 5.76 Å². The Labute approximate surface area is 174 Å². The molecule has 0 unspecified atom stereocenters. The lowest BCUT2D eigenvalue weighted by Crippen LogP contribution is -2.30. The van der Waals surface area contributed by atoms with E-state index in [0.29, 0.717) is 35.9 Å². The molecule has 2 aromatic carbocycles. The minimum absolute atomic E-state index is 0.0466. The van der Waals surface area contributed by atoms with Crippen molar-refractivity contribution in [2.45, 2.75) is 20.5 Å². The van der Waals surface area contributed by atoms with Crippen LogP contribution in [0.5, 0.6) is 5.75 Å². The second-order valence-electron chi connectivity index (χ2n) is 6.52. The molecule has 0 fully saturated rings. The molecule has 0 radical (unpaired) electrons. The minimum atomic E-state index is -0.411. The molecular formula is C23H23FN2O4. The Bertz CT molecular complexity index is 993. The molecule has 1 aromatic heterocycles. The molecule has 0 aliphatic heterocycles. The number of rotatable bonds is 8. The average Bonchev–Trinajstić information content (AvgIpc) is 3.24. The van der Waals surface area contributed by atoms with E-state index in [1.54, 1.807) is 41.3 Å². The summed E-state index contributed by atoms with van der Waals surface area (Å²) in [4.78, 5) is 26.5. The molecule has 3 aromatic rings. The first-order valence-corrected chi connectivity index (χ1v) is 9.68. The predicted octanol–water partition coefficient (Wildman–Crippen LogP) is 4.73. The number of carbonyl (C=O) groups excluding carboxylic acids is 2. The Balaban J connectivity index is 1.57. The lowest BCUT2D eigenvalue weighted by Gasteiger charge is -2.18. The third-order valence-corrected chi connectivity index (χ3v) is 4.52. The van der Waals surface area contributed by atoms with Crippen LogP contribution < -0.4 is 10.1 Å². The summed E-state index contributed by atoms with van der Waals surface area (Å²) >= 11 is 0. The summed E-state index contributed by atoms with van der Waals surface area (Å²) in [6.07, 6.45) is 0. The Morgan fingerprint density at radius 3 is 2.27 bits per heavy atom. The quantitative estimate of drug-likeness (QED) is 0.583. The van der Waals surface area contributed by atoms with Crippen molar-refractivity contribution in [3.63, 3.8) is 0 Å². The van der Waals surface area contributed by atoms with Crippen LogP contribution >= 0.6 is 0 Å². The zero-order valence-electron chi connectivity index (χ0n) is 16.9. The largest absolute Gasteiger partial charge is 0.486 e. The van der Waals surface area contributed by atoms with Gasteiger partial charge in [-0.1, -0.05) is 0 Å². The van der Waals surface area contributed by atoms with Crippen LogP contribution in [-0.4, -0.2) is 29.8 Å². The van der Waals surface area contributed by atoms with Gasteiger partial charge in [0.1, 0.15) is 23.9 Å². The van der Waals surface area contributed by atoms with Gasteiger partial charge in [0, 0.05) is 24.3 Å². The molecule has 1 N–H and O–H groups in total. The molecule has 30 heavy (non-hydrogen) atoms. The highest BCUT2D eigenvalue weighted by Crippen LogP contribution is 2.17. The van der Waals surface area contributed by atoms with Crippen molar-refractivity contribution in [3.8, 4) is 5.75 Å². The second-order valence-corrected chi connectivity index (χ2v) is 6.52. The summed E-state index contributed by atoms with van der Waals surface area (Å²) in [6.45, 7) is 5.25. The van der Waals surface area contributed by atoms with Crippen molar-refractivity contribution in [2.75, 3.05) is 18.4 Å². The molecule has 6 nitrogen and oxygen atoms in total. The summed E-state index contributed by atoms with van der Waals surface area (Å²) in [7, 11) is 0. The first-order chi connectivity index (χ1) is 14.5. The number of furan rings is 1. The summed E-state index contributed by atoms with van der Waals surface area (Å²) in [5, 5.41) is 2.73. The van der Waals surface area contributed by atoms with Gasteiger partial charge in [0.2, 0.25) is 0 Å². The Hall–Kier alpha value is -3.61. The Kier molecular flexibility index (Phi) is 6.85. The maximum Gasteiger partial charge on any atom is 0.291 e. The van der Waals surface area contributed by atoms with Gasteiger partial charge in [0.05, 0.1) is 0 Å². The molecule has 0 saturated carbocycles. The Morgan fingerprint density at radius 2 is 1.63 bits per heavy atom. The predicted molar refractivity (Wildman–Crippen MR) is 111 cm³/mol. The monoisotopic (exact) mass is 410 g/mol. The SMILES string of the molecule is CCN(CC)C(=O)c1ccc(NC(=O)c2ccc(COc3ccc(F)cc3)o2)cc1. The highest BCUT2D eigenvalue weighted by molar-refractivity contribution is 6.02. The molecule has 7 heteroatoms. The van der Waals surface area contributed by atoms with E-state index in [0.717, 1.165) is 0 Å². The number of anilines is 1. The molecule has 0 aliphatic rings. The molecule has 0 bridgehead atoms. The summed E-state index contributed by atoms with van der Waals surface area (Å²) in [5.41, 5.74) is 1.12. The number of nitrogens with one attached hydrogen (secondary N) is 1. The van der Waals surface area contributed by atoms with Gasteiger partial charge in [0.25, 0.3) is 11.8 Å². The number of hydrogen-bond acceptors (Lipinski definition) is 4. The number of halogens is 1. The van der Waals surface area contributed by atoms with E-state index >= 15 is 0 Å². The van der Waals surface area contributed by atoms with Gasteiger partial charge in [-0.15, -0.1) is 0 Å². The first-order valence-electron chi connectivity index (χ1n) is 9.68. The fourth-order valence-corrected chi connectivity index (χ4v) is 2.85. The zero-order valence-corrected chi connectivity index (χ0v) is 16.9. The van der Waals surface area contributed by atoms with Crippen LogP contribution in [0.15, 0.2) is 65.1 Å². The molecule has 156 valence electrons. The number of amides is 2. The van der Waals surface area contributed by atoms with Crippen LogP contribution in [0.1, 0.15) is 40.5 Å². The molecule has 1 heterocycles. The van der Waals surface area contributed by atoms with E-state index < -0.39 is 5.91 Å². The van der Waals surface area contributed by atoms with Crippen molar-refractivity contribution in [1.29, 1.82) is 0 Å². The van der Waals surface area contributed by atoms with Crippen molar-refractivity contribution in [2.24, 2.45) is 0 Å².